The third-order valence-electron chi connectivity index (χ3n) is 2.59. The molecule has 7 nitrogen and oxygen atoms in total. The molecule has 0 aliphatic heterocycles. The Labute approximate surface area is 115 Å². The summed E-state index contributed by atoms with van der Waals surface area (Å²) in [6.07, 6.45) is 6.82. The lowest BCUT2D eigenvalue weighted by Crippen LogP contribution is -2.09. The number of nitrogens with zero attached hydrogens (tertiary/aromatic N) is 6. The zero-order valence-corrected chi connectivity index (χ0v) is 10.9. The van der Waals surface area contributed by atoms with E-state index in [0.29, 0.717) is 23.4 Å². The summed E-state index contributed by atoms with van der Waals surface area (Å²) in [6, 6.07) is 5.62. The van der Waals surface area contributed by atoms with Crippen molar-refractivity contribution in [3.05, 3.63) is 43.1 Å². The standard InChI is InChI=1S/C13H13N7/c1-2-15-12-17-11(10-5-3-4-6-16-10)18-13(19-12)20-8-7-14-9-20/h3-9H,2H2,1H3,(H,15,17,18,19). The Balaban J connectivity index is 2.10. The SMILES string of the molecule is CCNc1nc(-c2ccccn2)nc(-n2ccnc2)n1. The molecule has 0 saturated carbocycles. The van der Waals surface area contributed by atoms with Gasteiger partial charge in [0.05, 0.1) is 0 Å². The number of rotatable bonds is 4. The van der Waals surface area contributed by atoms with E-state index in [2.05, 4.69) is 30.2 Å². The van der Waals surface area contributed by atoms with Crippen LogP contribution in [0.5, 0.6) is 0 Å². The fourth-order valence-electron chi connectivity index (χ4n) is 1.70. The highest BCUT2D eigenvalue weighted by atomic mass is 15.2. The lowest BCUT2D eigenvalue weighted by atomic mass is 10.3. The highest BCUT2D eigenvalue weighted by Crippen LogP contribution is 2.14. The molecule has 0 aliphatic carbocycles. The van der Waals surface area contributed by atoms with Gasteiger partial charge in [-0.05, 0) is 19.1 Å². The van der Waals surface area contributed by atoms with Crippen molar-refractivity contribution in [1.29, 1.82) is 0 Å². The van der Waals surface area contributed by atoms with E-state index >= 15 is 0 Å². The van der Waals surface area contributed by atoms with Crippen molar-refractivity contribution in [2.45, 2.75) is 6.92 Å². The number of pyridine rings is 1. The monoisotopic (exact) mass is 267 g/mol. The maximum atomic E-state index is 4.43. The van der Waals surface area contributed by atoms with Gasteiger partial charge in [0.15, 0.2) is 5.82 Å². The highest BCUT2D eigenvalue weighted by molar-refractivity contribution is 5.51. The van der Waals surface area contributed by atoms with Crippen molar-refractivity contribution in [2.75, 3.05) is 11.9 Å². The lowest BCUT2D eigenvalue weighted by molar-refractivity contribution is 0.893. The summed E-state index contributed by atoms with van der Waals surface area (Å²) in [6.45, 7) is 2.72. The smallest absolute Gasteiger partial charge is 0.240 e. The molecule has 0 amide bonds. The van der Waals surface area contributed by atoms with E-state index < -0.39 is 0 Å². The van der Waals surface area contributed by atoms with E-state index in [1.165, 1.54) is 0 Å². The van der Waals surface area contributed by atoms with Gasteiger partial charge in [0.1, 0.15) is 12.0 Å². The van der Waals surface area contributed by atoms with Crippen LogP contribution >= 0.6 is 0 Å². The average Bonchev–Trinajstić information content (AvgIpc) is 3.02. The first-order chi connectivity index (χ1) is 9.86. The molecule has 1 N–H and O–H groups in total. The molecule has 20 heavy (non-hydrogen) atoms. The summed E-state index contributed by atoms with van der Waals surface area (Å²) in [5.41, 5.74) is 0.704. The van der Waals surface area contributed by atoms with Crippen LogP contribution in [-0.2, 0) is 0 Å². The lowest BCUT2D eigenvalue weighted by Gasteiger charge is -2.07. The number of nitrogens with one attached hydrogen (secondary N) is 1. The highest BCUT2D eigenvalue weighted by Gasteiger charge is 2.10. The normalized spacial score (nSPS) is 10.4. The van der Waals surface area contributed by atoms with Crippen LogP contribution in [-0.4, -0.2) is 36.0 Å². The molecule has 100 valence electrons. The van der Waals surface area contributed by atoms with Gasteiger partial charge in [-0.2, -0.15) is 15.0 Å². The number of hydrogen-bond acceptors (Lipinski definition) is 6. The minimum atomic E-state index is 0.508. The summed E-state index contributed by atoms with van der Waals surface area (Å²) in [7, 11) is 0. The Morgan fingerprint density at radius 3 is 2.80 bits per heavy atom. The molecule has 0 unspecified atom stereocenters. The predicted octanol–water partition coefficient (Wildman–Crippen LogP) is 1.55. The molecule has 7 heteroatoms. The Hall–Kier alpha value is -2.83. The van der Waals surface area contributed by atoms with Crippen LogP contribution in [0.15, 0.2) is 43.1 Å². The molecule has 0 fully saturated rings. The number of aromatic nitrogens is 6. The van der Waals surface area contributed by atoms with Gasteiger partial charge in [-0.1, -0.05) is 6.07 Å². The third-order valence-corrected chi connectivity index (χ3v) is 2.59. The molecule has 3 heterocycles. The van der Waals surface area contributed by atoms with Gasteiger partial charge in [0, 0.05) is 25.1 Å². The largest absolute Gasteiger partial charge is 0.354 e. The van der Waals surface area contributed by atoms with Crippen LogP contribution in [0.3, 0.4) is 0 Å². The first-order valence-corrected chi connectivity index (χ1v) is 6.26. The van der Waals surface area contributed by atoms with E-state index in [9.17, 15) is 0 Å². The fourth-order valence-corrected chi connectivity index (χ4v) is 1.70. The number of hydrogen-bond donors (Lipinski definition) is 1. The molecule has 3 rings (SSSR count). The van der Waals surface area contributed by atoms with Crippen LogP contribution < -0.4 is 5.32 Å². The Bertz CT molecular complexity index is 679. The van der Waals surface area contributed by atoms with Gasteiger partial charge in [-0.3, -0.25) is 9.55 Å². The van der Waals surface area contributed by atoms with Crippen molar-refractivity contribution in [3.8, 4) is 17.5 Å². The molecular weight excluding hydrogens is 254 g/mol. The maximum Gasteiger partial charge on any atom is 0.240 e. The first-order valence-electron chi connectivity index (χ1n) is 6.26. The molecule has 0 bridgehead atoms. The Morgan fingerprint density at radius 1 is 1.15 bits per heavy atom. The summed E-state index contributed by atoms with van der Waals surface area (Å²) in [5, 5.41) is 3.10. The predicted molar refractivity (Wildman–Crippen MR) is 74.3 cm³/mol. The topological polar surface area (TPSA) is 81.4 Å². The fraction of sp³-hybridized carbons (Fsp3) is 0.154. The van der Waals surface area contributed by atoms with Gasteiger partial charge < -0.3 is 5.32 Å². The minimum absolute atomic E-state index is 0.508. The van der Waals surface area contributed by atoms with E-state index in [4.69, 9.17) is 0 Å². The van der Waals surface area contributed by atoms with E-state index in [0.717, 1.165) is 6.54 Å². The number of anilines is 1. The summed E-state index contributed by atoms with van der Waals surface area (Å²) < 4.78 is 1.73. The second-order valence-electron chi connectivity index (χ2n) is 4.00. The van der Waals surface area contributed by atoms with Crippen molar-refractivity contribution in [1.82, 2.24) is 29.5 Å². The van der Waals surface area contributed by atoms with Crippen LogP contribution in [0, 0.1) is 0 Å². The van der Waals surface area contributed by atoms with E-state index in [-0.39, 0.29) is 0 Å². The Morgan fingerprint density at radius 2 is 2.10 bits per heavy atom. The van der Waals surface area contributed by atoms with Crippen molar-refractivity contribution < 1.29 is 0 Å². The van der Waals surface area contributed by atoms with Crippen molar-refractivity contribution in [2.24, 2.45) is 0 Å². The van der Waals surface area contributed by atoms with Crippen LogP contribution in [0.4, 0.5) is 5.95 Å². The molecule has 0 aromatic carbocycles. The Kier molecular flexibility index (Phi) is 3.32. The van der Waals surface area contributed by atoms with Crippen LogP contribution in [0.2, 0.25) is 0 Å². The third kappa shape index (κ3) is 2.46. The van der Waals surface area contributed by atoms with Gasteiger partial charge in [-0.25, -0.2) is 4.98 Å². The maximum absolute atomic E-state index is 4.43. The quantitative estimate of drug-likeness (QED) is 0.772. The van der Waals surface area contributed by atoms with Gasteiger partial charge >= 0.3 is 0 Å². The summed E-state index contributed by atoms with van der Waals surface area (Å²) in [4.78, 5) is 21.4. The molecular formula is C13H13N7. The minimum Gasteiger partial charge on any atom is -0.354 e. The molecule has 0 aliphatic rings. The van der Waals surface area contributed by atoms with E-state index in [1.54, 1.807) is 29.5 Å². The zero-order chi connectivity index (χ0) is 13.8. The van der Waals surface area contributed by atoms with Gasteiger partial charge in [-0.15, -0.1) is 0 Å². The molecule has 0 saturated heterocycles. The summed E-state index contributed by atoms with van der Waals surface area (Å²) in [5.74, 6) is 1.56. The molecule has 0 atom stereocenters. The van der Waals surface area contributed by atoms with Crippen molar-refractivity contribution in [3.63, 3.8) is 0 Å². The average molecular weight is 267 g/mol. The molecule has 3 aromatic heterocycles. The zero-order valence-electron chi connectivity index (χ0n) is 10.9. The molecule has 0 spiro atoms. The van der Waals surface area contributed by atoms with E-state index in [1.807, 2.05) is 25.1 Å². The van der Waals surface area contributed by atoms with Gasteiger partial charge in [0.2, 0.25) is 11.9 Å². The second kappa shape index (κ2) is 5.43. The van der Waals surface area contributed by atoms with Crippen LogP contribution in [0.25, 0.3) is 17.5 Å². The van der Waals surface area contributed by atoms with Crippen molar-refractivity contribution >= 4 is 5.95 Å². The molecule has 3 aromatic rings. The summed E-state index contributed by atoms with van der Waals surface area (Å²) >= 11 is 0. The van der Waals surface area contributed by atoms with Gasteiger partial charge in [0.25, 0.3) is 0 Å². The molecule has 0 radical (unpaired) electrons. The van der Waals surface area contributed by atoms with Crippen LogP contribution in [0.1, 0.15) is 6.92 Å². The second-order valence-corrected chi connectivity index (χ2v) is 4.00. The number of imidazole rings is 1. The first kappa shape index (κ1) is 12.2.